The molecular formula is C13H17NO4S. The summed E-state index contributed by atoms with van der Waals surface area (Å²) < 4.78 is 0. The van der Waals surface area contributed by atoms with E-state index in [9.17, 15) is 14.4 Å². The monoisotopic (exact) mass is 283 g/mol. The van der Waals surface area contributed by atoms with E-state index >= 15 is 0 Å². The smallest absolute Gasteiger partial charge is 0.308 e. The van der Waals surface area contributed by atoms with Crippen molar-refractivity contribution >= 4 is 29.4 Å². The minimum Gasteiger partial charge on any atom is -0.481 e. The van der Waals surface area contributed by atoms with Gasteiger partial charge in [-0.15, -0.1) is 11.8 Å². The van der Waals surface area contributed by atoms with Crippen molar-refractivity contribution < 1.29 is 19.5 Å². The Morgan fingerprint density at radius 3 is 2.53 bits per heavy atom. The zero-order valence-corrected chi connectivity index (χ0v) is 11.8. The van der Waals surface area contributed by atoms with E-state index in [4.69, 9.17) is 5.11 Å². The summed E-state index contributed by atoms with van der Waals surface area (Å²) in [6.07, 6.45) is 1.34. The van der Waals surface area contributed by atoms with Crippen LogP contribution in [0, 0.1) is 5.92 Å². The number of carboxylic acids is 1. The molecule has 1 fully saturated rings. The van der Waals surface area contributed by atoms with Gasteiger partial charge in [-0.2, -0.15) is 0 Å². The van der Waals surface area contributed by atoms with E-state index in [2.05, 4.69) is 0 Å². The van der Waals surface area contributed by atoms with Crippen LogP contribution in [0.5, 0.6) is 0 Å². The number of amides is 1. The van der Waals surface area contributed by atoms with Crippen LogP contribution < -0.4 is 0 Å². The third-order valence-corrected chi connectivity index (χ3v) is 4.57. The van der Waals surface area contributed by atoms with E-state index in [0.717, 1.165) is 18.6 Å². The highest BCUT2D eigenvalue weighted by Crippen LogP contribution is 2.41. The lowest BCUT2D eigenvalue weighted by Crippen LogP contribution is -2.31. The topological polar surface area (TPSA) is 74.7 Å². The van der Waals surface area contributed by atoms with Crippen molar-refractivity contribution in [2.45, 2.75) is 31.6 Å². The maximum atomic E-state index is 12.3. The van der Waals surface area contributed by atoms with Crippen molar-refractivity contribution in [1.82, 2.24) is 4.90 Å². The fraction of sp³-hybridized carbons (Fsp3) is 0.615. The number of ketones is 1. The molecule has 1 amide bonds. The number of carbonyl (C=O) groups excluding carboxylic acids is 2. The first-order valence-corrected chi connectivity index (χ1v) is 7.40. The normalized spacial score (nSPS) is 23.2. The number of carbonyl (C=O) groups is 3. The van der Waals surface area contributed by atoms with Gasteiger partial charge >= 0.3 is 5.97 Å². The molecule has 104 valence electrons. The van der Waals surface area contributed by atoms with Crippen molar-refractivity contribution in [2.75, 3.05) is 12.8 Å². The summed E-state index contributed by atoms with van der Waals surface area (Å²) in [5.41, 5.74) is 0.613. The third-order valence-electron chi connectivity index (χ3n) is 3.37. The third kappa shape index (κ3) is 2.68. The fourth-order valence-corrected chi connectivity index (χ4v) is 3.35. The molecule has 0 bridgehead atoms. The summed E-state index contributed by atoms with van der Waals surface area (Å²) in [6, 6.07) is 0. The second-order valence-electron chi connectivity index (χ2n) is 4.83. The summed E-state index contributed by atoms with van der Waals surface area (Å²) in [4.78, 5) is 36.8. The molecule has 19 heavy (non-hydrogen) atoms. The number of Topliss-reactive ketones (excluding diaryl/α,β-unsaturated/α-hetero) is 1. The van der Waals surface area contributed by atoms with Gasteiger partial charge in [-0.25, -0.2) is 0 Å². The quantitative estimate of drug-likeness (QED) is 0.795. The van der Waals surface area contributed by atoms with E-state index in [1.54, 1.807) is 7.05 Å². The Balaban J connectivity index is 2.38. The van der Waals surface area contributed by atoms with Gasteiger partial charge in [-0.05, 0) is 18.6 Å². The average molecular weight is 283 g/mol. The molecule has 2 rings (SSSR count). The molecule has 1 heterocycles. The standard InChI is InChI=1S/C13H17NO4S/c1-3-19-13-10(11(17)7-4-5-7)8(6-9(15)16)12(18)14(13)2/h7,13H,3-6H2,1-2H3,(H,15,16)/t13-/m0/s1. The molecule has 0 unspecified atom stereocenters. The molecule has 5 nitrogen and oxygen atoms in total. The van der Waals surface area contributed by atoms with Crippen molar-refractivity contribution in [2.24, 2.45) is 5.92 Å². The zero-order chi connectivity index (χ0) is 14.2. The summed E-state index contributed by atoms with van der Waals surface area (Å²) in [5.74, 6) is -0.653. The molecule has 0 radical (unpaired) electrons. The van der Waals surface area contributed by atoms with E-state index in [1.807, 2.05) is 6.92 Å². The minimum absolute atomic E-state index is 0.00180. The SMILES string of the molecule is CCS[C@H]1C(C(=O)C2CC2)=C(CC(=O)O)C(=O)N1C. The van der Waals surface area contributed by atoms with Crippen molar-refractivity contribution in [3.63, 3.8) is 0 Å². The van der Waals surface area contributed by atoms with E-state index in [-0.39, 0.29) is 35.0 Å². The summed E-state index contributed by atoms with van der Waals surface area (Å²) in [6.45, 7) is 1.96. The number of nitrogens with zero attached hydrogens (tertiary/aromatic N) is 1. The Hall–Kier alpha value is -1.30. The van der Waals surface area contributed by atoms with Crippen LogP contribution in [0.3, 0.4) is 0 Å². The second-order valence-corrected chi connectivity index (χ2v) is 6.18. The van der Waals surface area contributed by atoms with Crippen LogP contribution in [0.4, 0.5) is 0 Å². The number of hydrogen-bond donors (Lipinski definition) is 1. The Morgan fingerprint density at radius 1 is 1.42 bits per heavy atom. The molecule has 0 aromatic carbocycles. The van der Waals surface area contributed by atoms with Gasteiger partial charge in [0.15, 0.2) is 5.78 Å². The van der Waals surface area contributed by atoms with Crippen molar-refractivity contribution in [3.05, 3.63) is 11.1 Å². The second kappa shape index (κ2) is 5.36. The van der Waals surface area contributed by atoms with Gasteiger partial charge in [0.25, 0.3) is 5.91 Å². The molecular weight excluding hydrogens is 266 g/mol. The molecule has 1 saturated carbocycles. The Morgan fingerprint density at radius 2 is 2.05 bits per heavy atom. The summed E-state index contributed by atoms with van der Waals surface area (Å²) in [5, 5.41) is 8.61. The zero-order valence-electron chi connectivity index (χ0n) is 11.0. The number of aliphatic carboxylic acids is 1. The Kier molecular flexibility index (Phi) is 3.99. The lowest BCUT2D eigenvalue weighted by molar-refractivity contribution is -0.137. The summed E-state index contributed by atoms with van der Waals surface area (Å²) in [7, 11) is 1.63. The van der Waals surface area contributed by atoms with Gasteiger partial charge in [0.1, 0.15) is 5.37 Å². The van der Waals surface area contributed by atoms with Gasteiger partial charge in [0.05, 0.1) is 6.42 Å². The predicted molar refractivity (Wildman–Crippen MR) is 71.7 cm³/mol. The number of hydrogen-bond acceptors (Lipinski definition) is 4. The van der Waals surface area contributed by atoms with Crippen molar-refractivity contribution in [1.29, 1.82) is 0 Å². The number of likely N-dealkylation sites (N-methyl/N-ethyl adjacent to an activating group) is 1. The van der Waals surface area contributed by atoms with Gasteiger partial charge in [0.2, 0.25) is 0 Å². The fourth-order valence-electron chi connectivity index (χ4n) is 2.29. The molecule has 1 aliphatic carbocycles. The molecule has 0 aromatic heterocycles. The van der Waals surface area contributed by atoms with Gasteiger partial charge in [-0.3, -0.25) is 14.4 Å². The molecule has 0 aromatic rings. The highest BCUT2D eigenvalue weighted by Gasteiger charge is 2.44. The van der Waals surface area contributed by atoms with Crippen LogP contribution >= 0.6 is 11.8 Å². The Bertz CT molecular complexity index is 467. The Labute approximate surface area is 116 Å². The first-order valence-electron chi connectivity index (χ1n) is 6.35. The predicted octanol–water partition coefficient (Wildman–Crippen LogP) is 1.29. The maximum absolute atomic E-state index is 12.3. The lowest BCUT2D eigenvalue weighted by Gasteiger charge is -2.21. The van der Waals surface area contributed by atoms with Crippen molar-refractivity contribution in [3.8, 4) is 0 Å². The van der Waals surface area contributed by atoms with E-state index < -0.39 is 5.97 Å². The molecule has 6 heteroatoms. The van der Waals surface area contributed by atoms with Crippen LogP contribution in [-0.2, 0) is 14.4 Å². The molecule has 1 atom stereocenters. The van der Waals surface area contributed by atoms with E-state index in [0.29, 0.717) is 5.57 Å². The number of thioether (sulfide) groups is 1. The molecule has 0 saturated heterocycles. The minimum atomic E-state index is -1.07. The highest BCUT2D eigenvalue weighted by atomic mass is 32.2. The van der Waals surface area contributed by atoms with Crippen LogP contribution in [0.15, 0.2) is 11.1 Å². The molecule has 1 N–H and O–H groups in total. The van der Waals surface area contributed by atoms with Crippen LogP contribution in [0.1, 0.15) is 26.2 Å². The lowest BCUT2D eigenvalue weighted by atomic mass is 10.0. The van der Waals surface area contributed by atoms with Gasteiger partial charge in [0, 0.05) is 24.1 Å². The van der Waals surface area contributed by atoms with Crippen LogP contribution in [-0.4, -0.2) is 45.8 Å². The number of rotatable bonds is 6. The largest absolute Gasteiger partial charge is 0.481 e. The molecule has 1 aliphatic heterocycles. The first kappa shape index (κ1) is 14.1. The van der Waals surface area contributed by atoms with Crippen LogP contribution in [0.2, 0.25) is 0 Å². The number of carboxylic acid groups (broad SMARTS) is 1. The summed E-state index contributed by atoms with van der Waals surface area (Å²) >= 11 is 1.50. The first-order chi connectivity index (χ1) is 8.97. The average Bonchev–Trinajstić information content (AvgIpc) is 3.15. The van der Waals surface area contributed by atoms with Crippen LogP contribution in [0.25, 0.3) is 0 Å². The van der Waals surface area contributed by atoms with E-state index in [1.165, 1.54) is 16.7 Å². The molecule has 2 aliphatic rings. The van der Waals surface area contributed by atoms with Gasteiger partial charge in [-0.1, -0.05) is 6.92 Å². The van der Waals surface area contributed by atoms with Gasteiger partial charge < -0.3 is 10.0 Å². The maximum Gasteiger partial charge on any atom is 0.308 e. The molecule has 0 spiro atoms. The highest BCUT2D eigenvalue weighted by molar-refractivity contribution is 8.00.